The summed E-state index contributed by atoms with van der Waals surface area (Å²) in [4.78, 5) is 2.52. The molecule has 0 bridgehead atoms. The first-order valence-corrected chi connectivity index (χ1v) is 6.53. The molecule has 0 atom stereocenters. The summed E-state index contributed by atoms with van der Waals surface area (Å²) in [6, 6.07) is 8.48. The molecule has 1 heterocycles. The van der Waals surface area contributed by atoms with Gasteiger partial charge in [-0.25, -0.2) is 0 Å². The first-order valence-electron chi connectivity index (χ1n) is 6.53. The van der Waals surface area contributed by atoms with E-state index in [2.05, 4.69) is 34.5 Å². The summed E-state index contributed by atoms with van der Waals surface area (Å²) in [7, 11) is 0. The number of nitrogens with one attached hydrogen (secondary N) is 1. The van der Waals surface area contributed by atoms with Crippen molar-refractivity contribution >= 4 is 0 Å². The number of hydrogen-bond donors (Lipinski definition) is 1. The number of piperazine rings is 1. The Morgan fingerprint density at radius 3 is 2.53 bits per heavy atom. The van der Waals surface area contributed by atoms with E-state index in [0.29, 0.717) is 0 Å². The van der Waals surface area contributed by atoms with E-state index in [1.807, 2.05) is 6.92 Å². The van der Waals surface area contributed by atoms with Gasteiger partial charge in [0.15, 0.2) is 0 Å². The third kappa shape index (κ3) is 4.02. The summed E-state index contributed by atoms with van der Waals surface area (Å²) in [6.07, 6.45) is 1.13. The van der Waals surface area contributed by atoms with E-state index in [1.54, 1.807) is 0 Å². The second kappa shape index (κ2) is 6.62. The Bertz CT molecular complexity index is 317. The maximum Gasteiger partial charge on any atom is 0.119 e. The van der Waals surface area contributed by atoms with Crippen LogP contribution in [0.5, 0.6) is 5.75 Å². The number of nitrogens with zero attached hydrogens (tertiary/aromatic N) is 1. The van der Waals surface area contributed by atoms with Crippen molar-refractivity contribution in [1.82, 2.24) is 10.2 Å². The van der Waals surface area contributed by atoms with E-state index < -0.39 is 0 Å². The largest absolute Gasteiger partial charge is 0.494 e. The molecule has 0 aliphatic carbocycles. The second-order valence-corrected chi connectivity index (χ2v) is 4.42. The van der Waals surface area contributed by atoms with Crippen LogP contribution in [-0.2, 0) is 6.42 Å². The van der Waals surface area contributed by atoms with Gasteiger partial charge in [-0.05, 0) is 31.0 Å². The molecule has 0 aromatic heterocycles. The zero-order valence-electron chi connectivity index (χ0n) is 10.6. The summed E-state index contributed by atoms with van der Waals surface area (Å²) in [5, 5.41) is 3.38. The van der Waals surface area contributed by atoms with Gasteiger partial charge >= 0.3 is 0 Å². The van der Waals surface area contributed by atoms with Gasteiger partial charge in [-0.15, -0.1) is 0 Å². The smallest absolute Gasteiger partial charge is 0.119 e. The van der Waals surface area contributed by atoms with Crippen molar-refractivity contribution in [1.29, 1.82) is 0 Å². The van der Waals surface area contributed by atoms with Gasteiger partial charge in [0.05, 0.1) is 6.61 Å². The van der Waals surface area contributed by atoms with Gasteiger partial charge in [-0.1, -0.05) is 12.1 Å². The fourth-order valence-electron chi connectivity index (χ4n) is 2.14. The van der Waals surface area contributed by atoms with Crippen LogP contribution >= 0.6 is 0 Å². The van der Waals surface area contributed by atoms with Crippen molar-refractivity contribution < 1.29 is 4.74 Å². The molecule has 0 radical (unpaired) electrons. The fourth-order valence-corrected chi connectivity index (χ4v) is 2.14. The zero-order valence-corrected chi connectivity index (χ0v) is 10.6. The van der Waals surface area contributed by atoms with E-state index in [0.717, 1.165) is 38.4 Å². The molecule has 0 saturated carbocycles. The third-order valence-electron chi connectivity index (χ3n) is 3.16. The molecule has 1 aromatic carbocycles. The summed E-state index contributed by atoms with van der Waals surface area (Å²) in [5.41, 5.74) is 1.40. The molecular weight excluding hydrogens is 212 g/mol. The normalized spacial score (nSPS) is 17.0. The maximum atomic E-state index is 5.44. The molecule has 1 N–H and O–H groups in total. The van der Waals surface area contributed by atoms with Crippen molar-refractivity contribution in [3.8, 4) is 5.75 Å². The van der Waals surface area contributed by atoms with Crippen LogP contribution in [0.1, 0.15) is 12.5 Å². The Hall–Kier alpha value is -1.06. The standard InChI is InChI=1S/C14H22N2O/c1-2-17-14-5-3-13(4-6-14)7-10-16-11-8-15-9-12-16/h3-6,15H,2,7-12H2,1H3. The van der Waals surface area contributed by atoms with Crippen LogP contribution in [0.3, 0.4) is 0 Å². The number of ether oxygens (including phenoxy) is 1. The zero-order chi connectivity index (χ0) is 11.9. The molecule has 0 amide bonds. The minimum Gasteiger partial charge on any atom is -0.494 e. The third-order valence-corrected chi connectivity index (χ3v) is 3.16. The van der Waals surface area contributed by atoms with Crippen molar-refractivity contribution in [2.45, 2.75) is 13.3 Å². The lowest BCUT2D eigenvalue weighted by molar-refractivity contribution is 0.244. The van der Waals surface area contributed by atoms with Crippen LogP contribution in [0.15, 0.2) is 24.3 Å². The first-order chi connectivity index (χ1) is 8.38. The lowest BCUT2D eigenvalue weighted by atomic mass is 10.1. The van der Waals surface area contributed by atoms with Gasteiger partial charge in [0.25, 0.3) is 0 Å². The molecule has 1 aliphatic heterocycles. The van der Waals surface area contributed by atoms with E-state index in [1.165, 1.54) is 18.7 Å². The predicted molar refractivity (Wildman–Crippen MR) is 70.6 cm³/mol. The van der Waals surface area contributed by atoms with Crippen LogP contribution in [0.2, 0.25) is 0 Å². The van der Waals surface area contributed by atoms with Crippen molar-refractivity contribution in [3.05, 3.63) is 29.8 Å². The van der Waals surface area contributed by atoms with Crippen molar-refractivity contribution in [3.63, 3.8) is 0 Å². The van der Waals surface area contributed by atoms with Crippen LogP contribution in [0.4, 0.5) is 0 Å². The average molecular weight is 234 g/mol. The molecule has 2 rings (SSSR count). The monoisotopic (exact) mass is 234 g/mol. The van der Waals surface area contributed by atoms with Gasteiger partial charge < -0.3 is 15.0 Å². The quantitative estimate of drug-likeness (QED) is 0.836. The van der Waals surface area contributed by atoms with Crippen molar-refractivity contribution in [2.24, 2.45) is 0 Å². The van der Waals surface area contributed by atoms with E-state index >= 15 is 0 Å². The molecule has 3 heteroatoms. The second-order valence-electron chi connectivity index (χ2n) is 4.42. The lowest BCUT2D eigenvalue weighted by Crippen LogP contribution is -2.44. The average Bonchev–Trinajstić information content (AvgIpc) is 2.40. The Kier molecular flexibility index (Phi) is 4.83. The number of benzene rings is 1. The maximum absolute atomic E-state index is 5.44. The molecule has 3 nitrogen and oxygen atoms in total. The predicted octanol–water partition coefficient (Wildman–Crippen LogP) is 1.53. The molecular formula is C14H22N2O. The van der Waals surface area contributed by atoms with Crippen LogP contribution in [0.25, 0.3) is 0 Å². The summed E-state index contributed by atoms with van der Waals surface area (Å²) in [5.74, 6) is 0.971. The summed E-state index contributed by atoms with van der Waals surface area (Å²) < 4.78 is 5.44. The van der Waals surface area contributed by atoms with E-state index in [-0.39, 0.29) is 0 Å². The molecule has 0 unspecified atom stereocenters. The first kappa shape index (κ1) is 12.4. The minimum atomic E-state index is 0.736. The minimum absolute atomic E-state index is 0.736. The highest BCUT2D eigenvalue weighted by Crippen LogP contribution is 2.12. The Morgan fingerprint density at radius 2 is 1.88 bits per heavy atom. The molecule has 1 fully saturated rings. The number of rotatable bonds is 5. The van der Waals surface area contributed by atoms with E-state index in [4.69, 9.17) is 4.74 Å². The molecule has 94 valence electrons. The molecule has 1 aliphatic rings. The van der Waals surface area contributed by atoms with Crippen LogP contribution < -0.4 is 10.1 Å². The van der Waals surface area contributed by atoms with Crippen molar-refractivity contribution in [2.75, 3.05) is 39.3 Å². The van der Waals surface area contributed by atoms with Crippen LogP contribution in [0, 0.1) is 0 Å². The molecule has 17 heavy (non-hydrogen) atoms. The highest BCUT2D eigenvalue weighted by atomic mass is 16.5. The molecule has 0 spiro atoms. The Labute approximate surface area is 104 Å². The van der Waals surface area contributed by atoms with Gasteiger partial charge in [-0.3, -0.25) is 0 Å². The van der Waals surface area contributed by atoms with Gasteiger partial charge in [-0.2, -0.15) is 0 Å². The molecule has 1 saturated heterocycles. The van der Waals surface area contributed by atoms with Gasteiger partial charge in [0.2, 0.25) is 0 Å². The van der Waals surface area contributed by atoms with Gasteiger partial charge in [0, 0.05) is 32.7 Å². The Morgan fingerprint density at radius 1 is 1.18 bits per heavy atom. The van der Waals surface area contributed by atoms with Crippen LogP contribution in [-0.4, -0.2) is 44.2 Å². The Balaban J connectivity index is 1.77. The molecule has 1 aromatic rings. The SMILES string of the molecule is CCOc1ccc(CCN2CCNCC2)cc1. The number of hydrogen-bond acceptors (Lipinski definition) is 3. The topological polar surface area (TPSA) is 24.5 Å². The lowest BCUT2D eigenvalue weighted by Gasteiger charge is -2.27. The summed E-state index contributed by atoms with van der Waals surface area (Å²) in [6.45, 7) is 8.52. The highest BCUT2D eigenvalue weighted by Gasteiger charge is 2.08. The summed E-state index contributed by atoms with van der Waals surface area (Å²) >= 11 is 0. The highest BCUT2D eigenvalue weighted by molar-refractivity contribution is 5.27. The van der Waals surface area contributed by atoms with Gasteiger partial charge in [0.1, 0.15) is 5.75 Å². The fraction of sp³-hybridized carbons (Fsp3) is 0.571. The van der Waals surface area contributed by atoms with E-state index in [9.17, 15) is 0 Å².